The molecule has 1 aromatic carbocycles. The minimum Gasteiger partial charge on any atom is -0.387 e. The van der Waals surface area contributed by atoms with Crippen LogP contribution < -0.4 is 5.32 Å². The van der Waals surface area contributed by atoms with Crippen molar-refractivity contribution in [1.82, 2.24) is 9.88 Å². The van der Waals surface area contributed by atoms with Crippen molar-refractivity contribution >= 4 is 11.7 Å². The average Bonchev–Trinajstić information content (AvgIpc) is 2.56. The molecule has 0 fully saturated rings. The van der Waals surface area contributed by atoms with Gasteiger partial charge in [-0.25, -0.2) is 4.98 Å². The first-order valence-corrected chi connectivity index (χ1v) is 7.57. The number of nitriles is 1. The van der Waals surface area contributed by atoms with E-state index in [0.29, 0.717) is 23.5 Å². The zero-order valence-electron chi connectivity index (χ0n) is 13.7. The summed E-state index contributed by atoms with van der Waals surface area (Å²) in [5, 5.41) is 21.7. The van der Waals surface area contributed by atoms with Crippen molar-refractivity contribution in [2.24, 2.45) is 0 Å². The van der Waals surface area contributed by atoms with E-state index >= 15 is 0 Å². The van der Waals surface area contributed by atoms with Crippen LogP contribution in [0.3, 0.4) is 0 Å². The number of rotatable bonds is 6. The van der Waals surface area contributed by atoms with E-state index in [9.17, 15) is 9.90 Å². The normalized spacial score (nSPS) is 11.8. The van der Waals surface area contributed by atoms with E-state index in [1.807, 2.05) is 19.1 Å². The first kappa shape index (κ1) is 17.6. The summed E-state index contributed by atoms with van der Waals surface area (Å²) >= 11 is 0. The number of aliphatic hydroxyl groups is 1. The molecule has 0 saturated heterocycles. The van der Waals surface area contributed by atoms with Gasteiger partial charge in [-0.3, -0.25) is 9.69 Å². The Morgan fingerprint density at radius 1 is 1.33 bits per heavy atom. The summed E-state index contributed by atoms with van der Waals surface area (Å²) in [5.41, 5.74) is 2.28. The molecule has 0 aliphatic rings. The molecular formula is C18H20N4O2. The molecule has 0 saturated carbocycles. The molecule has 0 bridgehead atoms. The largest absolute Gasteiger partial charge is 0.387 e. The molecule has 1 heterocycles. The molecule has 1 aromatic heterocycles. The molecular weight excluding hydrogens is 304 g/mol. The van der Waals surface area contributed by atoms with Crippen molar-refractivity contribution < 1.29 is 9.90 Å². The van der Waals surface area contributed by atoms with Crippen molar-refractivity contribution in [2.75, 3.05) is 25.5 Å². The quantitative estimate of drug-likeness (QED) is 0.846. The zero-order chi connectivity index (χ0) is 17.5. The Morgan fingerprint density at radius 2 is 2.04 bits per heavy atom. The first-order chi connectivity index (χ1) is 11.5. The fourth-order valence-electron chi connectivity index (χ4n) is 2.21. The van der Waals surface area contributed by atoms with Gasteiger partial charge >= 0.3 is 0 Å². The van der Waals surface area contributed by atoms with E-state index < -0.39 is 6.10 Å². The summed E-state index contributed by atoms with van der Waals surface area (Å²) in [4.78, 5) is 17.9. The van der Waals surface area contributed by atoms with E-state index in [0.717, 1.165) is 5.56 Å². The fraction of sp³-hybridized carbons (Fsp3) is 0.278. The molecule has 1 unspecified atom stereocenters. The third-order valence-electron chi connectivity index (χ3n) is 3.50. The lowest BCUT2D eigenvalue weighted by Gasteiger charge is -2.20. The van der Waals surface area contributed by atoms with Gasteiger partial charge in [-0.2, -0.15) is 5.26 Å². The summed E-state index contributed by atoms with van der Waals surface area (Å²) < 4.78 is 0. The Morgan fingerprint density at radius 3 is 2.62 bits per heavy atom. The Hall–Kier alpha value is -2.75. The van der Waals surface area contributed by atoms with E-state index in [-0.39, 0.29) is 12.5 Å². The second-order valence-corrected chi connectivity index (χ2v) is 5.72. The maximum absolute atomic E-state index is 12.0. The topological polar surface area (TPSA) is 89.3 Å². The maximum Gasteiger partial charge on any atom is 0.239 e. The van der Waals surface area contributed by atoms with Gasteiger partial charge in [-0.05, 0) is 43.3 Å². The highest BCUT2D eigenvalue weighted by molar-refractivity contribution is 5.91. The SMILES string of the molecule is Cc1ccc(NC(=O)CN(C)CC(O)c2ccc(C#N)cc2)nc1. The molecule has 6 heteroatoms. The minimum absolute atomic E-state index is 0.142. The second kappa shape index (κ2) is 8.20. The van der Waals surface area contributed by atoms with Gasteiger partial charge < -0.3 is 10.4 Å². The number of nitrogens with zero attached hydrogens (tertiary/aromatic N) is 3. The Kier molecular flexibility index (Phi) is 6.01. The minimum atomic E-state index is -0.729. The lowest BCUT2D eigenvalue weighted by molar-refractivity contribution is -0.117. The Bertz CT molecular complexity index is 720. The van der Waals surface area contributed by atoms with Gasteiger partial charge in [-0.1, -0.05) is 18.2 Å². The lowest BCUT2D eigenvalue weighted by Crippen LogP contribution is -2.33. The molecule has 2 rings (SSSR count). The number of pyridine rings is 1. The highest BCUT2D eigenvalue weighted by Crippen LogP contribution is 2.14. The second-order valence-electron chi connectivity index (χ2n) is 5.72. The summed E-state index contributed by atoms with van der Waals surface area (Å²) in [6.07, 6.45) is 0.960. The highest BCUT2D eigenvalue weighted by atomic mass is 16.3. The van der Waals surface area contributed by atoms with Crippen molar-refractivity contribution in [1.29, 1.82) is 5.26 Å². The van der Waals surface area contributed by atoms with Crippen LogP contribution in [0.4, 0.5) is 5.82 Å². The number of anilines is 1. The van der Waals surface area contributed by atoms with Crippen molar-refractivity contribution in [3.05, 3.63) is 59.3 Å². The van der Waals surface area contributed by atoms with Crippen molar-refractivity contribution in [3.63, 3.8) is 0 Å². The smallest absolute Gasteiger partial charge is 0.239 e. The van der Waals surface area contributed by atoms with Gasteiger partial charge in [-0.15, -0.1) is 0 Å². The number of carbonyl (C=O) groups excluding carboxylic acids is 1. The van der Waals surface area contributed by atoms with Gasteiger partial charge in [0.1, 0.15) is 5.82 Å². The third-order valence-corrected chi connectivity index (χ3v) is 3.50. The molecule has 2 aromatic rings. The molecule has 0 spiro atoms. The van der Waals surface area contributed by atoms with E-state index in [4.69, 9.17) is 5.26 Å². The number of benzene rings is 1. The predicted molar refractivity (Wildman–Crippen MR) is 91.2 cm³/mol. The van der Waals surface area contributed by atoms with Crippen molar-refractivity contribution in [3.8, 4) is 6.07 Å². The molecule has 0 aliphatic carbocycles. The first-order valence-electron chi connectivity index (χ1n) is 7.57. The van der Waals surface area contributed by atoms with E-state index in [1.54, 1.807) is 48.5 Å². The molecule has 124 valence electrons. The summed E-state index contributed by atoms with van der Waals surface area (Å²) in [5.74, 6) is 0.313. The monoisotopic (exact) mass is 324 g/mol. The van der Waals surface area contributed by atoms with Crippen LogP contribution in [-0.2, 0) is 4.79 Å². The zero-order valence-corrected chi connectivity index (χ0v) is 13.7. The predicted octanol–water partition coefficient (Wildman–Crippen LogP) is 1.87. The number of hydrogen-bond donors (Lipinski definition) is 2. The maximum atomic E-state index is 12.0. The van der Waals surface area contributed by atoms with Gasteiger partial charge in [0.05, 0.1) is 24.3 Å². The van der Waals surface area contributed by atoms with Crippen LogP contribution in [0.1, 0.15) is 22.8 Å². The van der Waals surface area contributed by atoms with Crippen molar-refractivity contribution in [2.45, 2.75) is 13.0 Å². The molecule has 6 nitrogen and oxygen atoms in total. The van der Waals surface area contributed by atoms with Crippen LogP contribution >= 0.6 is 0 Å². The average molecular weight is 324 g/mol. The number of aromatic nitrogens is 1. The van der Waals surface area contributed by atoms with Gasteiger partial charge in [0.2, 0.25) is 5.91 Å². The molecule has 0 radical (unpaired) electrons. The standard InChI is InChI=1S/C18H20N4O2/c1-13-3-8-17(20-10-13)21-18(24)12-22(2)11-16(23)15-6-4-14(9-19)5-7-15/h3-8,10,16,23H,11-12H2,1-2H3,(H,20,21,24). The van der Waals surface area contributed by atoms with Crippen LogP contribution in [0.25, 0.3) is 0 Å². The highest BCUT2D eigenvalue weighted by Gasteiger charge is 2.13. The number of nitrogens with one attached hydrogen (secondary N) is 1. The summed E-state index contributed by atoms with van der Waals surface area (Å²) in [7, 11) is 1.76. The molecule has 1 atom stereocenters. The number of aliphatic hydroxyl groups excluding tert-OH is 1. The summed E-state index contributed by atoms with van der Waals surface area (Å²) in [6.45, 7) is 2.38. The number of aryl methyl sites for hydroxylation is 1. The number of amides is 1. The van der Waals surface area contributed by atoms with Crippen LogP contribution in [0.5, 0.6) is 0 Å². The number of hydrogen-bond acceptors (Lipinski definition) is 5. The fourth-order valence-corrected chi connectivity index (χ4v) is 2.21. The molecule has 24 heavy (non-hydrogen) atoms. The van der Waals surface area contributed by atoms with E-state index in [1.165, 1.54) is 0 Å². The molecule has 0 aliphatic heterocycles. The molecule has 2 N–H and O–H groups in total. The number of carbonyl (C=O) groups is 1. The number of likely N-dealkylation sites (N-methyl/N-ethyl adjacent to an activating group) is 1. The van der Waals surface area contributed by atoms with Crippen LogP contribution in [0.15, 0.2) is 42.6 Å². The van der Waals surface area contributed by atoms with Crippen LogP contribution in [0, 0.1) is 18.3 Å². The third kappa shape index (κ3) is 5.16. The van der Waals surface area contributed by atoms with E-state index in [2.05, 4.69) is 10.3 Å². The molecule has 1 amide bonds. The van der Waals surface area contributed by atoms with Gasteiger partial charge in [0, 0.05) is 12.7 Å². The Labute approximate surface area is 141 Å². The van der Waals surface area contributed by atoms with Gasteiger partial charge in [0.25, 0.3) is 0 Å². The lowest BCUT2D eigenvalue weighted by atomic mass is 10.1. The Balaban J connectivity index is 1.84. The summed E-state index contributed by atoms with van der Waals surface area (Å²) in [6, 6.07) is 12.4. The van der Waals surface area contributed by atoms with Crippen LogP contribution in [0.2, 0.25) is 0 Å². The van der Waals surface area contributed by atoms with Crippen LogP contribution in [-0.4, -0.2) is 41.0 Å². The van der Waals surface area contributed by atoms with Gasteiger partial charge in [0.15, 0.2) is 0 Å².